The monoisotopic (exact) mass is 339 g/mol. The Balaban J connectivity index is 1.65. The van der Waals surface area contributed by atoms with Gasteiger partial charge in [0.2, 0.25) is 0 Å². The van der Waals surface area contributed by atoms with Crippen LogP contribution in [0, 0.1) is 12.7 Å². The summed E-state index contributed by atoms with van der Waals surface area (Å²) in [7, 11) is 0. The third kappa shape index (κ3) is 2.38. The molecule has 5 rings (SSSR count). The van der Waals surface area contributed by atoms with Gasteiger partial charge in [0.25, 0.3) is 0 Å². The van der Waals surface area contributed by atoms with Gasteiger partial charge in [0.15, 0.2) is 11.6 Å². The number of halogens is 1. The molecule has 0 bridgehead atoms. The quantitative estimate of drug-likeness (QED) is 0.563. The largest absolute Gasteiger partial charge is 0.378 e. The first-order chi connectivity index (χ1) is 12.2. The van der Waals surface area contributed by atoms with E-state index in [1.807, 2.05) is 16.2 Å². The van der Waals surface area contributed by atoms with Crippen molar-refractivity contribution >= 4 is 0 Å². The minimum atomic E-state index is -0.283. The third-order valence-electron chi connectivity index (χ3n) is 4.98. The molecule has 1 fully saturated rings. The Morgan fingerprint density at radius 2 is 2.28 bits per heavy atom. The molecule has 0 N–H and O–H groups in total. The molecule has 0 radical (unpaired) electrons. The van der Waals surface area contributed by atoms with E-state index in [1.54, 1.807) is 12.4 Å². The van der Waals surface area contributed by atoms with Crippen LogP contribution >= 0.6 is 0 Å². The highest BCUT2D eigenvalue weighted by Crippen LogP contribution is 2.32. The van der Waals surface area contributed by atoms with Crippen LogP contribution in [0.5, 0.6) is 0 Å². The maximum absolute atomic E-state index is 13.9. The van der Waals surface area contributed by atoms with E-state index in [0.29, 0.717) is 18.8 Å². The van der Waals surface area contributed by atoms with Gasteiger partial charge in [0, 0.05) is 18.6 Å². The fourth-order valence-corrected chi connectivity index (χ4v) is 3.69. The summed E-state index contributed by atoms with van der Waals surface area (Å²) in [6, 6.07) is 4.77. The fraction of sp³-hybridized carbons (Fsp3) is 0.389. The Morgan fingerprint density at radius 3 is 3.12 bits per heavy atom. The summed E-state index contributed by atoms with van der Waals surface area (Å²) in [5, 5.41) is 4.68. The van der Waals surface area contributed by atoms with E-state index >= 15 is 0 Å². The molecule has 3 aromatic rings. The van der Waals surface area contributed by atoms with Crippen LogP contribution < -0.4 is 0 Å². The maximum Gasteiger partial charge on any atom is 0.160 e. The van der Waals surface area contributed by atoms with Gasteiger partial charge in [-0.1, -0.05) is 0 Å². The Labute approximate surface area is 144 Å². The highest BCUT2D eigenvalue weighted by molar-refractivity contribution is 5.69. The zero-order valence-electron chi connectivity index (χ0n) is 13.9. The first kappa shape index (κ1) is 14.8. The number of aryl methyl sites for hydroxylation is 1. The van der Waals surface area contributed by atoms with Crippen LogP contribution in [0.25, 0.3) is 17.1 Å². The maximum atomic E-state index is 13.9. The van der Waals surface area contributed by atoms with Crippen LogP contribution in [0.1, 0.15) is 30.1 Å². The Morgan fingerprint density at radius 1 is 1.36 bits per heavy atom. The SMILES string of the molecule is Cc1ncn2c1Cn1nc(CC3CCCO3)nc1-c1cc(F)ccc1-2. The van der Waals surface area contributed by atoms with Crippen molar-refractivity contribution in [2.75, 3.05) is 6.61 Å². The second-order valence-corrected chi connectivity index (χ2v) is 6.66. The first-order valence-electron chi connectivity index (χ1n) is 8.57. The van der Waals surface area contributed by atoms with Crippen molar-refractivity contribution < 1.29 is 9.13 Å². The van der Waals surface area contributed by atoms with Crippen molar-refractivity contribution in [3.63, 3.8) is 0 Å². The topological polar surface area (TPSA) is 57.8 Å². The minimum Gasteiger partial charge on any atom is -0.378 e. The highest BCUT2D eigenvalue weighted by Gasteiger charge is 2.26. The standard InChI is InChI=1S/C18H18FN5O/c1-11-16-9-24-18(21-17(22-24)8-13-3-2-6-25-13)14-7-12(19)4-5-15(14)23(16)10-20-11/h4-5,7,10,13H,2-3,6,8-9H2,1H3. The van der Waals surface area contributed by atoms with Gasteiger partial charge in [0.05, 0.1) is 36.1 Å². The summed E-state index contributed by atoms with van der Waals surface area (Å²) < 4.78 is 23.5. The van der Waals surface area contributed by atoms with Crippen LogP contribution in [0.3, 0.4) is 0 Å². The van der Waals surface area contributed by atoms with Crippen LogP contribution in [0.4, 0.5) is 4.39 Å². The Hall–Kier alpha value is -2.54. The lowest BCUT2D eigenvalue weighted by molar-refractivity contribution is 0.110. The molecule has 128 valence electrons. The molecule has 1 aromatic carbocycles. The van der Waals surface area contributed by atoms with E-state index in [1.165, 1.54) is 12.1 Å². The van der Waals surface area contributed by atoms with E-state index in [9.17, 15) is 4.39 Å². The minimum absolute atomic E-state index is 0.186. The lowest BCUT2D eigenvalue weighted by Gasteiger charge is -2.08. The Bertz CT molecular complexity index is 955. The molecule has 0 amide bonds. The number of rotatable bonds is 2. The predicted molar refractivity (Wildman–Crippen MR) is 89.1 cm³/mol. The number of fused-ring (bicyclic) bond motifs is 5. The molecule has 7 heteroatoms. The molecule has 25 heavy (non-hydrogen) atoms. The second-order valence-electron chi connectivity index (χ2n) is 6.66. The molecule has 0 spiro atoms. The first-order valence-corrected chi connectivity index (χ1v) is 8.57. The van der Waals surface area contributed by atoms with Crippen LogP contribution in [-0.4, -0.2) is 37.0 Å². The average Bonchev–Trinajstić information content (AvgIpc) is 3.30. The highest BCUT2D eigenvalue weighted by atomic mass is 19.1. The van der Waals surface area contributed by atoms with Gasteiger partial charge >= 0.3 is 0 Å². The molecule has 2 aliphatic rings. The Kier molecular flexibility index (Phi) is 3.24. The van der Waals surface area contributed by atoms with Gasteiger partial charge in [-0.25, -0.2) is 19.0 Å². The van der Waals surface area contributed by atoms with Gasteiger partial charge in [-0.3, -0.25) is 0 Å². The summed E-state index contributed by atoms with van der Waals surface area (Å²) in [4.78, 5) is 9.13. The van der Waals surface area contributed by atoms with Crippen molar-refractivity contribution in [2.45, 2.75) is 38.8 Å². The number of nitrogens with zero attached hydrogens (tertiary/aromatic N) is 5. The molecular weight excluding hydrogens is 321 g/mol. The van der Waals surface area contributed by atoms with Crippen molar-refractivity contribution in [1.29, 1.82) is 0 Å². The second kappa shape index (κ2) is 5.49. The van der Waals surface area contributed by atoms with Crippen molar-refractivity contribution in [2.24, 2.45) is 0 Å². The van der Waals surface area contributed by atoms with Crippen LogP contribution in [-0.2, 0) is 17.7 Å². The molecule has 6 nitrogen and oxygen atoms in total. The molecule has 2 aromatic heterocycles. The van der Waals surface area contributed by atoms with Gasteiger partial charge in [-0.15, -0.1) is 0 Å². The van der Waals surface area contributed by atoms with Gasteiger partial charge in [0.1, 0.15) is 5.82 Å². The van der Waals surface area contributed by atoms with E-state index in [-0.39, 0.29) is 11.9 Å². The number of ether oxygens (including phenoxy) is 1. The van der Waals surface area contributed by atoms with E-state index in [4.69, 9.17) is 9.72 Å². The number of aromatic nitrogens is 5. The van der Waals surface area contributed by atoms with Crippen molar-refractivity contribution in [3.05, 3.63) is 47.6 Å². The summed E-state index contributed by atoms with van der Waals surface area (Å²) in [5.41, 5.74) is 3.61. The molecule has 0 saturated carbocycles. The smallest absolute Gasteiger partial charge is 0.160 e. The number of imidazole rings is 1. The zero-order valence-corrected chi connectivity index (χ0v) is 13.9. The van der Waals surface area contributed by atoms with Crippen LogP contribution in [0.15, 0.2) is 24.5 Å². The fourth-order valence-electron chi connectivity index (χ4n) is 3.69. The van der Waals surface area contributed by atoms with Gasteiger partial charge < -0.3 is 9.30 Å². The van der Waals surface area contributed by atoms with Crippen molar-refractivity contribution in [1.82, 2.24) is 24.3 Å². The van der Waals surface area contributed by atoms with E-state index in [2.05, 4.69) is 10.1 Å². The molecule has 1 atom stereocenters. The lowest BCUT2D eigenvalue weighted by atomic mass is 10.1. The summed E-state index contributed by atoms with van der Waals surface area (Å²) in [6.07, 6.45) is 4.79. The van der Waals surface area contributed by atoms with E-state index < -0.39 is 0 Å². The summed E-state index contributed by atoms with van der Waals surface area (Å²) >= 11 is 0. The predicted octanol–water partition coefficient (Wildman–Crippen LogP) is 2.66. The average molecular weight is 339 g/mol. The lowest BCUT2D eigenvalue weighted by Crippen LogP contribution is -2.11. The molecule has 1 unspecified atom stereocenters. The molecule has 2 aliphatic heterocycles. The van der Waals surface area contributed by atoms with Gasteiger partial charge in [-0.2, -0.15) is 5.10 Å². The normalized spacial score (nSPS) is 18.6. The van der Waals surface area contributed by atoms with Gasteiger partial charge in [-0.05, 0) is 38.0 Å². The number of benzene rings is 1. The molecular formula is C18H18FN5O. The van der Waals surface area contributed by atoms with Crippen LogP contribution in [0.2, 0.25) is 0 Å². The zero-order chi connectivity index (χ0) is 17.0. The number of hydrogen-bond acceptors (Lipinski definition) is 4. The summed E-state index contributed by atoms with van der Waals surface area (Å²) in [6.45, 7) is 3.35. The molecule has 0 aliphatic carbocycles. The van der Waals surface area contributed by atoms with Crippen molar-refractivity contribution in [3.8, 4) is 17.1 Å². The van der Waals surface area contributed by atoms with E-state index in [0.717, 1.165) is 47.9 Å². The molecule has 4 heterocycles. The third-order valence-corrected chi connectivity index (χ3v) is 4.98. The number of hydrogen-bond donors (Lipinski definition) is 0. The summed E-state index contributed by atoms with van der Waals surface area (Å²) in [5.74, 6) is 1.17. The molecule has 1 saturated heterocycles.